The van der Waals surface area contributed by atoms with E-state index in [0.29, 0.717) is 6.04 Å². The van der Waals surface area contributed by atoms with Crippen LogP contribution in [0.25, 0.3) is 0 Å². The lowest BCUT2D eigenvalue weighted by Crippen LogP contribution is -2.38. The van der Waals surface area contributed by atoms with Crippen molar-refractivity contribution >= 4 is 0 Å². The monoisotopic (exact) mass is 290 g/mol. The van der Waals surface area contributed by atoms with Gasteiger partial charge in [0.2, 0.25) is 0 Å². The van der Waals surface area contributed by atoms with Crippen LogP contribution in [0.4, 0.5) is 0 Å². The zero-order valence-corrected chi connectivity index (χ0v) is 13.8. The molecule has 3 heteroatoms. The first-order valence-electron chi connectivity index (χ1n) is 8.30. The van der Waals surface area contributed by atoms with Gasteiger partial charge in [-0.3, -0.25) is 4.90 Å². The first-order valence-corrected chi connectivity index (χ1v) is 8.30. The summed E-state index contributed by atoms with van der Waals surface area (Å²) in [6.07, 6.45) is 2.35. The van der Waals surface area contributed by atoms with Crippen LogP contribution in [-0.4, -0.2) is 44.3 Å². The molecule has 0 spiro atoms. The molecular weight excluding hydrogens is 260 g/mol. The number of benzene rings is 1. The van der Waals surface area contributed by atoms with Gasteiger partial charge in [0.25, 0.3) is 0 Å². The minimum absolute atomic E-state index is 0.464. The molecule has 1 N–H and O–H groups in total. The third kappa shape index (κ3) is 5.42. The molecule has 0 aromatic heterocycles. The molecule has 3 nitrogen and oxygen atoms in total. The summed E-state index contributed by atoms with van der Waals surface area (Å²) in [5.74, 6) is 0. The van der Waals surface area contributed by atoms with Crippen molar-refractivity contribution in [1.29, 1.82) is 0 Å². The number of nitrogens with one attached hydrogen (secondary N) is 1. The maximum Gasteiger partial charge on any atom is 0.0594 e. The summed E-state index contributed by atoms with van der Waals surface area (Å²) in [5, 5.41) is 3.72. The first kappa shape index (κ1) is 16.5. The highest BCUT2D eigenvalue weighted by atomic mass is 16.5. The normalized spacial score (nSPS) is 17.9. The molecule has 1 atom stereocenters. The van der Waals surface area contributed by atoms with Crippen molar-refractivity contribution in [3.05, 3.63) is 34.9 Å². The Bertz CT molecular complexity index is 407. The van der Waals surface area contributed by atoms with E-state index in [1.165, 1.54) is 29.5 Å². The van der Waals surface area contributed by atoms with Gasteiger partial charge in [0.15, 0.2) is 0 Å². The average molecular weight is 290 g/mol. The van der Waals surface area contributed by atoms with Gasteiger partial charge in [0.05, 0.1) is 13.2 Å². The lowest BCUT2D eigenvalue weighted by molar-refractivity contribution is 0.0361. The third-order valence-electron chi connectivity index (χ3n) is 4.12. The van der Waals surface area contributed by atoms with Crippen molar-refractivity contribution in [3.8, 4) is 0 Å². The van der Waals surface area contributed by atoms with Gasteiger partial charge in [0, 0.05) is 25.7 Å². The van der Waals surface area contributed by atoms with Gasteiger partial charge in [-0.15, -0.1) is 0 Å². The van der Waals surface area contributed by atoms with E-state index in [0.717, 1.165) is 39.4 Å². The smallest absolute Gasteiger partial charge is 0.0594 e. The van der Waals surface area contributed by atoms with Crippen molar-refractivity contribution < 1.29 is 4.74 Å². The van der Waals surface area contributed by atoms with Gasteiger partial charge in [-0.2, -0.15) is 0 Å². The molecule has 0 aliphatic carbocycles. The molecule has 1 saturated heterocycles. The van der Waals surface area contributed by atoms with Crippen LogP contribution in [-0.2, 0) is 4.74 Å². The summed E-state index contributed by atoms with van der Waals surface area (Å²) in [7, 11) is 0. The van der Waals surface area contributed by atoms with Crippen LogP contribution in [0.3, 0.4) is 0 Å². The number of nitrogens with zero attached hydrogens (tertiary/aromatic N) is 1. The molecule has 1 unspecified atom stereocenters. The molecule has 118 valence electrons. The van der Waals surface area contributed by atoms with E-state index in [-0.39, 0.29) is 0 Å². The summed E-state index contributed by atoms with van der Waals surface area (Å²) in [6.45, 7) is 12.8. The van der Waals surface area contributed by atoms with Gasteiger partial charge < -0.3 is 10.1 Å². The molecule has 1 aliphatic heterocycles. The first-order chi connectivity index (χ1) is 10.2. The highest BCUT2D eigenvalue weighted by molar-refractivity contribution is 5.30. The number of rotatable bonds is 7. The fraction of sp³-hybridized carbons (Fsp3) is 0.667. The zero-order chi connectivity index (χ0) is 15.1. The summed E-state index contributed by atoms with van der Waals surface area (Å²) in [6, 6.07) is 7.38. The fourth-order valence-corrected chi connectivity index (χ4v) is 3.05. The summed E-state index contributed by atoms with van der Waals surface area (Å²) < 4.78 is 5.43. The van der Waals surface area contributed by atoms with E-state index in [1.807, 2.05) is 0 Å². The van der Waals surface area contributed by atoms with Crippen LogP contribution in [0, 0.1) is 13.8 Å². The standard InChI is InChI=1S/C18H30N2O/c1-4-6-19-18(5-7-20-8-10-21-11-9-20)17-13-15(2)12-16(3)14-17/h12-14,18-19H,4-11H2,1-3H3. The van der Waals surface area contributed by atoms with E-state index >= 15 is 0 Å². The molecule has 0 bridgehead atoms. The SMILES string of the molecule is CCCNC(CCN1CCOCC1)c1cc(C)cc(C)c1. The van der Waals surface area contributed by atoms with Gasteiger partial charge in [0.1, 0.15) is 0 Å². The van der Waals surface area contributed by atoms with E-state index < -0.39 is 0 Å². The maximum absolute atomic E-state index is 5.43. The molecule has 0 radical (unpaired) electrons. The Hall–Kier alpha value is -0.900. The highest BCUT2D eigenvalue weighted by Crippen LogP contribution is 2.21. The lowest BCUT2D eigenvalue weighted by Gasteiger charge is -2.29. The van der Waals surface area contributed by atoms with Crippen LogP contribution >= 0.6 is 0 Å². The summed E-state index contributed by atoms with van der Waals surface area (Å²) in [4.78, 5) is 2.52. The van der Waals surface area contributed by atoms with E-state index in [9.17, 15) is 0 Å². The van der Waals surface area contributed by atoms with E-state index in [2.05, 4.69) is 49.2 Å². The molecule has 1 fully saturated rings. The Kier molecular flexibility index (Phi) is 6.68. The molecule has 1 heterocycles. The second kappa shape index (κ2) is 8.52. The van der Waals surface area contributed by atoms with E-state index in [4.69, 9.17) is 4.74 Å². The minimum Gasteiger partial charge on any atom is -0.379 e. The second-order valence-corrected chi connectivity index (χ2v) is 6.17. The Morgan fingerprint density at radius 3 is 2.43 bits per heavy atom. The average Bonchev–Trinajstić information content (AvgIpc) is 2.47. The Morgan fingerprint density at radius 2 is 1.81 bits per heavy atom. The Labute approximate surface area is 129 Å². The van der Waals surface area contributed by atoms with Crippen molar-refractivity contribution in [2.45, 2.75) is 39.7 Å². The summed E-state index contributed by atoms with van der Waals surface area (Å²) in [5.41, 5.74) is 4.16. The molecular formula is C18H30N2O. The molecule has 0 saturated carbocycles. The van der Waals surface area contributed by atoms with Crippen molar-refractivity contribution in [1.82, 2.24) is 10.2 Å². The van der Waals surface area contributed by atoms with Gasteiger partial charge in [-0.1, -0.05) is 36.2 Å². The zero-order valence-electron chi connectivity index (χ0n) is 13.8. The quantitative estimate of drug-likeness (QED) is 0.835. The predicted molar refractivity (Wildman–Crippen MR) is 88.8 cm³/mol. The number of aryl methyl sites for hydroxylation is 2. The van der Waals surface area contributed by atoms with Crippen LogP contribution in [0.5, 0.6) is 0 Å². The van der Waals surface area contributed by atoms with Crippen molar-refractivity contribution in [2.75, 3.05) is 39.4 Å². The molecule has 1 aromatic rings. The Morgan fingerprint density at radius 1 is 1.14 bits per heavy atom. The maximum atomic E-state index is 5.43. The fourth-order valence-electron chi connectivity index (χ4n) is 3.05. The highest BCUT2D eigenvalue weighted by Gasteiger charge is 2.15. The van der Waals surface area contributed by atoms with Crippen LogP contribution in [0.1, 0.15) is 42.5 Å². The largest absolute Gasteiger partial charge is 0.379 e. The predicted octanol–water partition coefficient (Wildman–Crippen LogP) is 3.07. The van der Waals surface area contributed by atoms with Crippen LogP contribution in [0.2, 0.25) is 0 Å². The molecule has 2 rings (SSSR count). The van der Waals surface area contributed by atoms with Gasteiger partial charge in [-0.05, 0) is 38.8 Å². The van der Waals surface area contributed by atoms with E-state index in [1.54, 1.807) is 0 Å². The second-order valence-electron chi connectivity index (χ2n) is 6.17. The van der Waals surface area contributed by atoms with Gasteiger partial charge in [-0.25, -0.2) is 0 Å². The number of ether oxygens (including phenoxy) is 1. The topological polar surface area (TPSA) is 24.5 Å². The van der Waals surface area contributed by atoms with Crippen molar-refractivity contribution in [3.63, 3.8) is 0 Å². The Balaban J connectivity index is 1.98. The van der Waals surface area contributed by atoms with Gasteiger partial charge >= 0.3 is 0 Å². The number of hydrogen-bond donors (Lipinski definition) is 1. The molecule has 21 heavy (non-hydrogen) atoms. The van der Waals surface area contributed by atoms with Crippen molar-refractivity contribution in [2.24, 2.45) is 0 Å². The van der Waals surface area contributed by atoms with Crippen LogP contribution < -0.4 is 5.32 Å². The molecule has 0 amide bonds. The molecule has 1 aliphatic rings. The number of morpholine rings is 1. The summed E-state index contributed by atoms with van der Waals surface area (Å²) >= 11 is 0. The van der Waals surface area contributed by atoms with Crippen LogP contribution in [0.15, 0.2) is 18.2 Å². The molecule has 1 aromatic carbocycles. The third-order valence-corrected chi connectivity index (χ3v) is 4.12. The minimum atomic E-state index is 0.464. The lowest BCUT2D eigenvalue weighted by atomic mass is 9.98. The number of hydrogen-bond acceptors (Lipinski definition) is 3.